The number of halogens is 1. The average Bonchev–Trinajstić information content (AvgIpc) is 3.23. The summed E-state index contributed by atoms with van der Waals surface area (Å²) < 4.78 is 7.19. The molecular weight excluding hydrogens is 432 g/mol. The van der Waals surface area contributed by atoms with Gasteiger partial charge in [-0.25, -0.2) is 0 Å². The summed E-state index contributed by atoms with van der Waals surface area (Å²) in [5.41, 5.74) is 2.36. The Hall–Kier alpha value is -3.29. The Balaban J connectivity index is 1.60. The Morgan fingerprint density at radius 3 is 2.58 bits per heavy atom. The third kappa shape index (κ3) is 4.90. The maximum Gasteiger partial charge on any atom is 0.234 e. The number of aromatic nitrogens is 3. The molecule has 0 saturated carbocycles. The molecule has 1 amide bonds. The lowest BCUT2D eigenvalue weighted by molar-refractivity contribution is -0.113. The highest BCUT2D eigenvalue weighted by molar-refractivity contribution is 7.99. The number of nitrogens with one attached hydrogen (secondary N) is 1. The van der Waals surface area contributed by atoms with Crippen LogP contribution in [0.3, 0.4) is 0 Å². The second kappa shape index (κ2) is 9.68. The fourth-order valence-electron chi connectivity index (χ4n) is 3.05. The molecule has 31 heavy (non-hydrogen) atoms. The van der Waals surface area contributed by atoms with Crippen LogP contribution < -0.4 is 10.1 Å². The van der Waals surface area contributed by atoms with Gasteiger partial charge in [-0.15, -0.1) is 10.2 Å². The van der Waals surface area contributed by atoms with E-state index in [0.717, 1.165) is 11.3 Å². The lowest BCUT2D eigenvalue weighted by atomic mass is 10.2. The SMILES string of the molecule is COc1ccccc1NC(=O)CSc1nnc(-c2ccccc2)n1-c1cccc(Cl)c1. The molecule has 0 saturated heterocycles. The zero-order valence-electron chi connectivity index (χ0n) is 16.7. The van der Waals surface area contributed by atoms with Crippen LogP contribution in [0.5, 0.6) is 5.75 Å². The van der Waals surface area contributed by atoms with Crippen LogP contribution in [-0.2, 0) is 4.79 Å². The van der Waals surface area contributed by atoms with Gasteiger partial charge in [-0.1, -0.05) is 71.9 Å². The van der Waals surface area contributed by atoms with Crippen LogP contribution in [0, 0.1) is 0 Å². The van der Waals surface area contributed by atoms with Gasteiger partial charge in [0.15, 0.2) is 11.0 Å². The highest BCUT2D eigenvalue weighted by Crippen LogP contribution is 2.29. The van der Waals surface area contributed by atoms with Gasteiger partial charge in [0.1, 0.15) is 5.75 Å². The van der Waals surface area contributed by atoms with Crippen molar-refractivity contribution in [3.8, 4) is 22.8 Å². The van der Waals surface area contributed by atoms with Crippen molar-refractivity contribution in [1.82, 2.24) is 14.8 Å². The van der Waals surface area contributed by atoms with Gasteiger partial charge in [0.05, 0.1) is 24.2 Å². The van der Waals surface area contributed by atoms with E-state index in [0.29, 0.717) is 27.4 Å². The molecule has 0 atom stereocenters. The van der Waals surface area contributed by atoms with Crippen LogP contribution in [0.2, 0.25) is 5.02 Å². The number of carbonyl (C=O) groups excluding carboxylic acids is 1. The van der Waals surface area contributed by atoms with Crippen LogP contribution in [0.15, 0.2) is 84.0 Å². The minimum atomic E-state index is -0.170. The molecule has 0 aliphatic rings. The van der Waals surface area contributed by atoms with Crippen LogP contribution >= 0.6 is 23.4 Å². The fourth-order valence-corrected chi connectivity index (χ4v) is 3.99. The van der Waals surface area contributed by atoms with Crippen molar-refractivity contribution < 1.29 is 9.53 Å². The van der Waals surface area contributed by atoms with Gasteiger partial charge < -0.3 is 10.1 Å². The van der Waals surface area contributed by atoms with Gasteiger partial charge in [-0.3, -0.25) is 9.36 Å². The predicted octanol–water partition coefficient (Wildman–Crippen LogP) is 5.33. The number of hydrogen-bond donors (Lipinski definition) is 1. The molecular formula is C23H19ClN4O2S. The normalized spacial score (nSPS) is 10.6. The number of para-hydroxylation sites is 2. The molecule has 0 bridgehead atoms. The Morgan fingerprint density at radius 2 is 1.81 bits per heavy atom. The number of amides is 1. The zero-order valence-corrected chi connectivity index (χ0v) is 18.2. The van der Waals surface area contributed by atoms with Gasteiger partial charge in [-0.05, 0) is 30.3 Å². The van der Waals surface area contributed by atoms with Gasteiger partial charge in [0.2, 0.25) is 5.91 Å². The number of anilines is 1. The number of rotatable bonds is 7. The van der Waals surface area contributed by atoms with Crippen molar-refractivity contribution in [1.29, 1.82) is 0 Å². The van der Waals surface area contributed by atoms with Crippen LogP contribution in [0.4, 0.5) is 5.69 Å². The summed E-state index contributed by atoms with van der Waals surface area (Å²) in [6.07, 6.45) is 0. The zero-order chi connectivity index (χ0) is 21.6. The summed E-state index contributed by atoms with van der Waals surface area (Å²) in [6, 6.07) is 24.5. The average molecular weight is 451 g/mol. The fraction of sp³-hybridized carbons (Fsp3) is 0.0870. The number of ether oxygens (including phenoxy) is 1. The smallest absolute Gasteiger partial charge is 0.234 e. The van der Waals surface area contributed by atoms with Crippen molar-refractivity contribution in [3.63, 3.8) is 0 Å². The number of thioether (sulfide) groups is 1. The molecule has 4 rings (SSSR count). The van der Waals surface area contributed by atoms with Crippen molar-refractivity contribution in [2.75, 3.05) is 18.2 Å². The minimum absolute atomic E-state index is 0.158. The molecule has 0 aliphatic carbocycles. The van der Waals surface area contributed by atoms with E-state index in [1.165, 1.54) is 11.8 Å². The highest BCUT2D eigenvalue weighted by Gasteiger charge is 2.18. The van der Waals surface area contributed by atoms with E-state index in [1.807, 2.05) is 71.3 Å². The summed E-state index contributed by atoms with van der Waals surface area (Å²) in [5.74, 6) is 1.27. The second-order valence-electron chi connectivity index (χ2n) is 6.52. The first kappa shape index (κ1) is 21.0. The molecule has 1 aromatic heterocycles. The Labute approximate surface area is 189 Å². The van der Waals surface area contributed by atoms with Crippen molar-refractivity contribution >= 4 is 35.0 Å². The quantitative estimate of drug-likeness (QED) is 0.385. The summed E-state index contributed by atoms with van der Waals surface area (Å²) in [6.45, 7) is 0. The molecule has 0 spiro atoms. The van der Waals surface area contributed by atoms with Gasteiger partial charge in [0.25, 0.3) is 0 Å². The maximum absolute atomic E-state index is 12.6. The van der Waals surface area contributed by atoms with E-state index in [4.69, 9.17) is 16.3 Å². The van der Waals surface area contributed by atoms with Gasteiger partial charge >= 0.3 is 0 Å². The van der Waals surface area contributed by atoms with E-state index in [1.54, 1.807) is 19.2 Å². The first-order chi connectivity index (χ1) is 15.2. The third-order valence-corrected chi connectivity index (χ3v) is 5.61. The van der Waals surface area contributed by atoms with Crippen LogP contribution in [0.1, 0.15) is 0 Å². The lowest BCUT2D eigenvalue weighted by Gasteiger charge is -2.12. The number of methoxy groups -OCH3 is 1. The summed E-state index contributed by atoms with van der Waals surface area (Å²) in [4.78, 5) is 12.6. The summed E-state index contributed by atoms with van der Waals surface area (Å²) >= 11 is 7.52. The molecule has 1 heterocycles. The molecule has 0 fully saturated rings. The van der Waals surface area contributed by atoms with Crippen LogP contribution in [-0.4, -0.2) is 33.5 Å². The Bertz CT molecular complexity index is 1200. The van der Waals surface area contributed by atoms with Gasteiger partial charge in [-0.2, -0.15) is 0 Å². The molecule has 0 aliphatic heterocycles. The number of carbonyl (C=O) groups is 1. The number of benzene rings is 3. The Kier molecular flexibility index (Phi) is 6.54. The monoisotopic (exact) mass is 450 g/mol. The molecule has 0 unspecified atom stereocenters. The minimum Gasteiger partial charge on any atom is -0.495 e. The largest absolute Gasteiger partial charge is 0.495 e. The molecule has 8 heteroatoms. The lowest BCUT2D eigenvalue weighted by Crippen LogP contribution is -2.15. The van der Waals surface area contributed by atoms with E-state index < -0.39 is 0 Å². The molecule has 156 valence electrons. The highest BCUT2D eigenvalue weighted by atomic mass is 35.5. The molecule has 1 N–H and O–H groups in total. The number of nitrogens with zero attached hydrogens (tertiary/aromatic N) is 3. The maximum atomic E-state index is 12.6. The Morgan fingerprint density at radius 1 is 1.03 bits per heavy atom. The predicted molar refractivity (Wildman–Crippen MR) is 124 cm³/mol. The third-order valence-electron chi connectivity index (χ3n) is 4.45. The molecule has 3 aromatic carbocycles. The second-order valence-corrected chi connectivity index (χ2v) is 7.90. The molecule has 4 aromatic rings. The van der Waals surface area contributed by atoms with Crippen molar-refractivity contribution in [2.45, 2.75) is 5.16 Å². The van der Waals surface area contributed by atoms with Gasteiger partial charge in [0, 0.05) is 10.6 Å². The van der Waals surface area contributed by atoms with E-state index >= 15 is 0 Å². The summed E-state index contributed by atoms with van der Waals surface area (Å²) in [5, 5.41) is 12.8. The van der Waals surface area contributed by atoms with E-state index in [-0.39, 0.29) is 11.7 Å². The molecule has 0 radical (unpaired) electrons. The van der Waals surface area contributed by atoms with E-state index in [9.17, 15) is 4.79 Å². The van der Waals surface area contributed by atoms with Crippen molar-refractivity contribution in [2.24, 2.45) is 0 Å². The first-order valence-corrected chi connectivity index (χ1v) is 10.8. The first-order valence-electron chi connectivity index (χ1n) is 9.48. The standard InChI is InChI=1S/C23H19ClN4O2S/c1-30-20-13-6-5-12-19(20)25-21(29)15-31-23-27-26-22(16-8-3-2-4-9-16)28(23)18-11-7-10-17(24)14-18/h2-14H,15H2,1H3,(H,25,29). The molecule has 6 nitrogen and oxygen atoms in total. The van der Waals surface area contributed by atoms with E-state index in [2.05, 4.69) is 15.5 Å². The summed E-state index contributed by atoms with van der Waals surface area (Å²) in [7, 11) is 1.57. The number of hydrogen-bond acceptors (Lipinski definition) is 5. The van der Waals surface area contributed by atoms with Crippen molar-refractivity contribution in [3.05, 3.63) is 83.9 Å². The topological polar surface area (TPSA) is 69.0 Å². The van der Waals surface area contributed by atoms with Crippen LogP contribution in [0.25, 0.3) is 17.1 Å².